The lowest BCUT2D eigenvalue weighted by molar-refractivity contribution is -0.322. The Labute approximate surface area is 91.7 Å². The smallest absolute Gasteiger partial charge is 0.291 e. The van der Waals surface area contributed by atoms with Gasteiger partial charge in [0.2, 0.25) is 0 Å². The summed E-state index contributed by atoms with van der Waals surface area (Å²) >= 11 is 0. The first-order valence-electron chi connectivity index (χ1n) is 4.23. The molecule has 0 aliphatic rings. The number of benzene rings is 1. The SMILES string of the molecule is O=S(CCOC(F)(F)F)c1ccc(F)cc1. The monoisotopic (exact) mass is 256 g/mol. The first-order chi connectivity index (χ1) is 7.38. The van der Waals surface area contributed by atoms with Gasteiger partial charge in [0.1, 0.15) is 5.82 Å². The first-order valence-corrected chi connectivity index (χ1v) is 5.55. The van der Waals surface area contributed by atoms with Gasteiger partial charge in [0, 0.05) is 4.90 Å². The highest BCUT2D eigenvalue weighted by Crippen LogP contribution is 2.16. The molecule has 0 amide bonds. The maximum absolute atomic E-state index is 12.5. The highest BCUT2D eigenvalue weighted by molar-refractivity contribution is 7.85. The normalized spacial score (nSPS) is 13.8. The molecule has 0 fully saturated rings. The predicted octanol–water partition coefficient (Wildman–Crippen LogP) is 2.47. The van der Waals surface area contributed by atoms with Crippen molar-refractivity contribution in [3.63, 3.8) is 0 Å². The van der Waals surface area contributed by atoms with Gasteiger partial charge in [-0.3, -0.25) is 8.95 Å². The topological polar surface area (TPSA) is 26.3 Å². The van der Waals surface area contributed by atoms with Crippen molar-refractivity contribution in [1.29, 1.82) is 0 Å². The summed E-state index contributed by atoms with van der Waals surface area (Å²) < 4.78 is 62.1. The van der Waals surface area contributed by atoms with Gasteiger partial charge >= 0.3 is 6.36 Å². The third kappa shape index (κ3) is 4.71. The zero-order chi connectivity index (χ0) is 12.2. The Morgan fingerprint density at radius 3 is 2.25 bits per heavy atom. The highest BCUT2D eigenvalue weighted by Gasteiger charge is 2.28. The van der Waals surface area contributed by atoms with E-state index in [1.807, 2.05) is 0 Å². The van der Waals surface area contributed by atoms with E-state index < -0.39 is 29.6 Å². The van der Waals surface area contributed by atoms with Gasteiger partial charge in [0.15, 0.2) is 0 Å². The Morgan fingerprint density at radius 2 is 1.75 bits per heavy atom. The van der Waals surface area contributed by atoms with Crippen LogP contribution in [0.15, 0.2) is 29.2 Å². The van der Waals surface area contributed by atoms with Crippen LogP contribution < -0.4 is 0 Å². The van der Waals surface area contributed by atoms with Gasteiger partial charge < -0.3 is 0 Å². The second-order valence-electron chi connectivity index (χ2n) is 2.80. The number of alkyl halides is 3. The lowest BCUT2D eigenvalue weighted by atomic mass is 10.4. The van der Waals surface area contributed by atoms with E-state index >= 15 is 0 Å². The summed E-state index contributed by atoms with van der Waals surface area (Å²) in [7, 11) is -1.62. The van der Waals surface area contributed by atoms with Crippen LogP contribution in [-0.2, 0) is 15.5 Å². The molecule has 0 spiro atoms. The van der Waals surface area contributed by atoms with Crippen LogP contribution in [0.1, 0.15) is 0 Å². The van der Waals surface area contributed by atoms with Crippen molar-refractivity contribution >= 4 is 10.8 Å². The van der Waals surface area contributed by atoms with Crippen LogP contribution in [-0.4, -0.2) is 22.9 Å². The van der Waals surface area contributed by atoms with E-state index in [-0.39, 0.29) is 10.6 Å². The van der Waals surface area contributed by atoms with Gasteiger partial charge in [0.25, 0.3) is 0 Å². The standard InChI is InChI=1S/C9H8F4O2S/c10-7-1-3-8(4-2-7)16(14)6-5-15-9(11,12)13/h1-4H,5-6H2. The minimum absolute atomic E-state index is 0.271. The van der Waals surface area contributed by atoms with Crippen molar-refractivity contribution in [2.24, 2.45) is 0 Å². The Morgan fingerprint density at radius 1 is 1.19 bits per heavy atom. The van der Waals surface area contributed by atoms with E-state index in [0.29, 0.717) is 0 Å². The van der Waals surface area contributed by atoms with Crippen molar-refractivity contribution in [3.8, 4) is 0 Å². The van der Waals surface area contributed by atoms with Crippen LogP contribution in [0.25, 0.3) is 0 Å². The van der Waals surface area contributed by atoms with Gasteiger partial charge in [-0.25, -0.2) is 4.39 Å². The lowest BCUT2D eigenvalue weighted by Crippen LogP contribution is -2.17. The molecule has 0 heterocycles. The summed E-state index contributed by atoms with van der Waals surface area (Å²) in [4.78, 5) is 0.271. The van der Waals surface area contributed by atoms with Gasteiger partial charge in [-0.1, -0.05) is 0 Å². The van der Waals surface area contributed by atoms with Gasteiger partial charge in [-0.05, 0) is 24.3 Å². The summed E-state index contributed by atoms with van der Waals surface area (Å²) in [5, 5.41) is 0. The fourth-order valence-electron chi connectivity index (χ4n) is 0.937. The summed E-state index contributed by atoms with van der Waals surface area (Å²) in [6.45, 7) is -0.687. The molecule has 7 heteroatoms. The van der Waals surface area contributed by atoms with Crippen LogP contribution in [0, 0.1) is 5.82 Å². The molecule has 1 aromatic carbocycles. The van der Waals surface area contributed by atoms with Crippen LogP contribution in [0.3, 0.4) is 0 Å². The number of halogens is 4. The van der Waals surface area contributed by atoms with Crippen molar-refractivity contribution in [2.75, 3.05) is 12.4 Å². The molecular weight excluding hydrogens is 248 g/mol. The van der Waals surface area contributed by atoms with Crippen molar-refractivity contribution < 1.29 is 26.5 Å². The fraction of sp³-hybridized carbons (Fsp3) is 0.333. The average molecular weight is 256 g/mol. The third-order valence-electron chi connectivity index (χ3n) is 1.61. The molecule has 0 radical (unpaired) electrons. The molecule has 0 aliphatic carbocycles. The number of ether oxygens (including phenoxy) is 1. The van der Waals surface area contributed by atoms with E-state index in [1.54, 1.807) is 0 Å². The number of hydrogen-bond acceptors (Lipinski definition) is 2. The summed E-state index contributed by atoms with van der Waals surface area (Å²) in [6, 6.07) is 4.72. The maximum atomic E-state index is 12.5. The molecule has 0 saturated carbocycles. The summed E-state index contributed by atoms with van der Waals surface area (Å²) in [6.07, 6.45) is -4.72. The zero-order valence-electron chi connectivity index (χ0n) is 7.96. The molecule has 16 heavy (non-hydrogen) atoms. The molecule has 0 N–H and O–H groups in total. The largest absolute Gasteiger partial charge is 0.522 e. The van der Waals surface area contributed by atoms with Gasteiger partial charge in [-0.2, -0.15) is 0 Å². The zero-order valence-corrected chi connectivity index (χ0v) is 8.78. The molecule has 0 bridgehead atoms. The van der Waals surface area contributed by atoms with E-state index in [1.165, 1.54) is 12.1 Å². The second kappa shape index (κ2) is 5.40. The number of rotatable bonds is 4. The van der Waals surface area contributed by atoms with Crippen molar-refractivity contribution in [2.45, 2.75) is 11.3 Å². The quantitative estimate of drug-likeness (QED) is 0.773. The van der Waals surface area contributed by atoms with E-state index in [9.17, 15) is 21.8 Å². The Hall–Kier alpha value is -0.950. The molecule has 1 atom stereocenters. The number of hydrogen-bond donors (Lipinski definition) is 0. The molecular formula is C9H8F4O2S. The average Bonchev–Trinajstić information content (AvgIpc) is 2.16. The molecule has 0 aromatic heterocycles. The Kier molecular flexibility index (Phi) is 4.43. The third-order valence-corrected chi connectivity index (χ3v) is 2.95. The Balaban J connectivity index is 2.44. The summed E-state index contributed by atoms with van der Waals surface area (Å²) in [5.41, 5.74) is 0. The highest BCUT2D eigenvalue weighted by atomic mass is 32.2. The van der Waals surface area contributed by atoms with Crippen LogP contribution in [0.2, 0.25) is 0 Å². The van der Waals surface area contributed by atoms with Crippen LogP contribution >= 0.6 is 0 Å². The molecule has 90 valence electrons. The minimum atomic E-state index is -4.72. The first kappa shape index (κ1) is 13.1. The second-order valence-corrected chi connectivity index (χ2v) is 4.37. The fourth-order valence-corrected chi connectivity index (χ4v) is 1.85. The molecule has 0 saturated heterocycles. The van der Waals surface area contributed by atoms with E-state index in [4.69, 9.17) is 0 Å². The summed E-state index contributed by atoms with van der Waals surface area (Å²) in [5.74, 6) is -0.780. The minimum Gasteiger partial charge on any atom is -0.291 e. The van der Waals surface area contributed by atoms with E-state index in [0.717, 1.165) is 12.1 Å². The molecule has 1 aromatic rings. The molecule has 1 rings (SSSR count). The predicted molar refractivity (Wildman–Crippen MR) is 49.7 cm³/mol. The van der Waals surface area contributed by atoms with Crippen LogP contribution in [0.4, 0.5) is 17.6 Å². The van der Waals surface area contributed by atoms with Gasteiger partial charge in [0.05, 0.1) is 23.2 Å². The Bertz CT molecular complexity index is 361. The molecule has 1 unspecified atom stereocenters. The van der Waals surface area contributed by atoms with Gasteiger partial charge in [-0.15, -0.1) is 13.2 Å². The van der Waals surface area contributed by atoms with E-state index in [2.05, 4.69) is 4.74 Å². The van der Waals surface area contributed by atoms with Crippen LogP contribution in [0.5, 0.6) is 0 Å². The molecule has 2 nitrogen and oxygen atoms in total. The maximum Gasteiger partial charge on any atom is 0.522 e. The molecule has 0 aliphatic heterocycles. The van der Waals surface area contributed by atoms with Crippen molar-refractivity contribution in [3.05, 3.63) is 30.1 Å². The van der Waals surface area contributed by atoms with Crippen molar-refractivity contribution in [1.82, 2.24) is 0 Å². The lowest BCUT2D eigenvalue weighted by Gasteiger charge is -2.06.